The van der Waals surface area contributed by atoms with E-state index in [-0.39, 0.29) is 6.71 Å². The summed E-state index contributed by atoms with van der Waals surface area (Å²) in [6.45, 7) is 0.136. The SMILES string of the molecule is c1cc2c3c(c1)-n1c4cc5oc6ccccc6c5cc4c4cccc(c41)B3c1cccc3c4cc5c(cc4n-2c13)[nH]c1ccccc15. The number of nitrogens with zero attached hydrogens (tertiary/aromatic N) is 2. The van der Waals surface area contributed by atoms with Crippen LogP contribution in [0.2, 0.25) is 0 Å². The van der Waals surface area contributed by atoms with Gasteiger partial charge in [0.2, 0.25) is 0 Å². The van der Waals surface area contributed by atoms with Crippen LogP contribution < -0.4 is 16.4 Å². The molecular formula is C42H22BN3O. The summed E-state index contributed by atoms with van der Waals surface area (Å²) in [5.41, 5.74) is 15.9. The standard InChI is InChI=1S/C42H22BN3O/c1-3-14-32-22(8-1)26-18-27-24-10-5-12-30-41(24)45(36(27)20-33(26)44-32)34-15-7-16-35-40(34)43(30)31-13-6-11-25-28-19-29-23-9-2-4-17-38(23)47-39(29)21-37(28)46(35)42(25)31/h1-21,44H. The second-order valence-corrected chi connectivity index (χ2v) is 13.3. The summed E-state index contributed by atoms with van der Waals surface area (Å²) < 4.78 is 11.5. The molecule has 0 fully saturated rings. The zero-order chi connectivity index (χ0) is 30.1. The van der Waals surface area contributed by atoms with Crippen LogP contribution in [0, 0.1) is 0 Å². The predicted octanol–water partition coefficient (Wildman–Crippen LogP) is 8.56. The molecule has 0 aliphatic carbocycles. The fraction of sp³-hybridized carbons (Fsp3) is 0. The molecule has 2 aliphatic rings. The van der Waals surface area contributed by atoms with E-state index < -0.39 is 0 Å². The fourth-order valence-corrected chi connectivity index (χ4v) is 9.42. The summed E-state index contributed by atoms with van der Waals surface area (Å²) in [6, 6.07) is 47.1. The summed E-state index contributed by atoms with van der Waals surface area (Å²) in [5, 5.41) is 10.0. The van der Waals surface area contributed by atoms with Crippen molar-refractivity contribution in [2.75, 3.05) is 0 Å². The minimum Gasteiger partial charge on any atom is -0.456 e. The van der Waals surface area contributed by atoms with Crippen molar-refractivity contribution in [3.8, 4) is 11.4 Å². The van der Waals surface area contributed by atoms with E-state index in [1.165, 1.54) is 98.6 Å². The topological polar surface area (TPSA) is 38.8 Å². The summed E-state index contributed by atoms with van der Waals surface area (Å²) in [5.74, 6) is 0. The minimum absolute atomic E-state index is 0.136. The lowest BCUT2D eigenvalue weighted by atomic mass is 9.34. The molecule has 0 radical (unpaired) electrons. The van der Waals surface area contributed by atoms with E-state index in [1.807, 2.05) is 6.07 Å². The monoisotopic (exact) mass is 595 g/mol. The van der Waals surface area contributed by atoms with Crippen LogP contribution in [0.3, 0.4) is 0 Å². The number of nitrogens with one attached hydrogen (secondary N) is 1. The summed E-state index contributed by atoms with van der Waals surface area (Å²) in [7, 11) is 0. The van der Waals surface area contributed by atoms with Crippen molar-refractivity contribution in [1.82, 2.24) is 14.1 Å². The second-order valence-electron chi connectivity index (χ2n) is 13.3. The molecule has 214 valence electrons. The maximum absolute atomic E-state index is 6.43. The van der Waals surface area contributed by atoms with Crippen molar-refractivity contribution in [3.05, 3.63) is 127 Å². The molecule has 2 aliphatic heterocycles. The van der Waals surface area contributed by atoms with Gasteiger partial charge in [-0.15, -0.1) is 0 Å². The minimum atomic E-state index is 0.136. The first kappa shape index (κ1) is 23.2. The van der Waals surface area contributed by atoms with Gasteiger partial charge in [0.05, 0.1) is 11.0 Å². The van der Waals surface area contributed by atoms with Crippen molar-refractivity contribution >= 4 is 110 Å². The first-order valence-corrected chi connectivity index (χ1v) is 16.3. The zero-order valence-corrected chi connectivity index (χ0v) is 25.0. The van der Waals surface area contributed by atoms with Gasteiger partial charge >= 0.3 is 0 Å². The van der Waals surface area contributed by atoms with Crippen LogP contribution in [-0.2, 0) is 0 Å². The van der Waals surface area contributed by atoms with Crippen molar-refractivity contribution in [2.45, 2.75) is 0 Å². The quantitative estimate of drug-likeness (QED) is 0.175. The largest absolute Gasteiger partial charge is 0.456 e. The van der Waals surface area contributed by atoms with Crippen LogP contribution in [0.5, 0.6) is 0 Å². The number of rotatable bonds is 0. The fourth-order valence-electron chi connectivity index (χ4n) is 9.42. The number of hydrogen-bond acceptors (Lipinski definition) is 1. The average molecular weight is 595 g/mol. The molecule has 11 aromatic rings. The molecule has 6 heterocycles. The summed E-state index contributed by atoms with van der Waals surface area (Å²) in [6.07, 6.45) is 0. The lowest BCUT2D eigenvalue weighted by Gasteiger charge is -2.33. The third-order valence-electron chi connectivity index (χ3n) is 11.2. The van der Waals surface area contributed by atoms with Crippen molar-refractivity contribution < 1.29 is 4.42 Å². The molecule has 0 saturated heterocycles. The number of benzene rings is 7. The predicted molar refractivity (Wildman–Crippen MR) is 196 cm³/mol. The average Bonchev–Trinajstić information content (AvgIpc) is 3.85. The second kappa shape index (κ2) is 7.60. The van der Waals surface area contributed by atoms with E-state index >= 15 is 0 Å². The molecule has 5 heteroatoms. The molecule has 13 rings (SSSR count). The van der Waals surface area contributed by atoms with E-state index in [9.17, 15) is 0 Å². The Morgan fingerprint density at radius 3 is 1.83 bits per heavy atom. The van der Waals surface area contributed by atoms with E-state index in [1.54, 1.807) is 0 Å². The van der Waals surface area contributed by atoms with Crippen LogP contribution >= 0.6 is 0 Å². The number of H-pyrrole nitrogens is 1. The highest BCUT2D eigenvalue weighted by Crippen LogP contribution is 2.42. The van der Waals surface area contributed by atoms with Gasteiger partial charge in [0.1, 0.15) is 11.2 Å². The van der Waals surface area contributed by atoms with Gasteiger partial charge in [-0.3, -0.25) is 0 Å². The highest BCUT2D eigenvalue weighted by atomic mass is 16.3. The number of aromatic nitrogens is 3. The van der Waals surface area contributed by atoms with Gasteiger partial charge in [-0.2, -0.15) is 0 Å². The first-order chi connectivity index (χ1) is 23.3. The zero-order valence-electron chi connectivity index (χ0n) is 25.0. The molecule has 4 nitrogen and oxygen atoms in total. The molecule has 4 aromatic heterocycles. The van der Waals surface area contributed by atoms with Crippen LogP contribution in [0.25, 0.3) is 98.7 Å². The first-order valence-electron chi connectivity index (χ1n) is 16.3. The van der Waals surface area contributed by atoms with Gasteiger partial charge in [-0.1, -0.05) is 78.9 Å². The van der Waals surface area contributed by atoms with Crippen LogP contribution in [0.15, 0.2) is 132 Å². The molecule has 0 unspecified atom stereocenters. The van der Waals surface area contributed by atoms with E-state index in [4.69, 9.17) is 4.42 Å². The Balaban J connectivity index is 1.20. The molecule has 7 aromatic carbocycles. The Morgan fingerprint density at radius 1 is 0.447 bits per heavy atom. The number of hydrogen-bond donors (Lipinski definition) is 1. The normalized spacial score (nSPS) is 13.5. The van der Waals surface area contributed by atoms with Crippen LogP contribution in [-0.4, -0.2) is 20.8 Å². The van der Waals surface area contributed by atoms with Gasteiger partial charge in [-0.25, -0.2) is 0 Å². The lowest BCUT2D eigenvalue weighted by Crippen LogP contribution is -2.59. The lowest BCUT2D eigenvalue weighted by molar-refractivity contribution is 0.669. The summed E-state index contributed by atoms with van der Waals surface area (Å²) >= 11 is 0. The van der Waals surface area contributed by atoms with Crippen LogP contribution in [0.1, 0.15) is 0 Å². The Morgan fingerprint density at radius 2 is 1.06 bits per heavy atom. The number of furan rings is 1. The number of para-hydroxylation sites is 4. The Labute approximate surface area is 267 Å². The van der Waals surface area contributed by atoms with Crippen molar-refractivity contribution in [3.63, 3.8) is 0 Å². The maximum atomic E-state index is 6.43. The summed E-state index contributed by atoms with van der Waals surface area (Å²) in [4.78, 5) is 3.71. The highest BCUT2D eigenvalue weighted by molar-refractivity contribution is 7.00. The Kier molecular flexibility index (Phi) is 3.75. The number of aromatic amines is 1. The smallest absolute Gasteiger partial charge is 0.252 e. The number of fused-ring (bicyclic) bond motifs is 16. The Hall–Kier alpha value is -6.20. The van der Waals surface area contributed by atoms with E-state index in [0.29, 0.717) is 0 Å². The van der Waals surface area contributed by atoms with Crippen molar-refractivity contribution in [2.24, 2.45) is 0 Å². The molecule has 47 heavy (non-hydrogen) atoms. The van der Waals surface area contributed by atoms with Gasteiger partial charge in [0.15, 0.2) is 0 Å². The molecule has 0 bridgehead atoms. The van der Waals surface area contributed by atoms with Crippen molar-refractivity contribution in [1.29, 1.82) is 0 Å². The van der Waals surface area contributed by atoms with Gasteiger partial charge < -0.3 is 18.5 Å². The van der Waals surface area contributed by atoms with Gasteiger partial charge in [-0.05, 0) is 58.9 Å². The molecular weight excluding hydrogens is 573 g/mol. The maximum Gasteiger partial charge on any atom is 0.252 e. The highest BCUT2D eigenvalue weighted by Gasteiger charge is 2.40. The van der Waals surface area contributed by atoms with Crippen LogP contribution in [0.4, 0.5) is 0 Å². The van der Waals surface area contributed by atoms with Gasteiger partial charge in [0, 0.05) is 82.6 Å². The van der Waals surface area contributed by atoms with E-state index in [0.717, 1.165) is 16.6 Å². The molecule has 1 N–H and O–H groups in total. The molecule has 0 saturated carbocycles. The molecule has 0 atom stereocenters. The van der Waals surface area contributed by atoms with E-state index in [2.05, 4.69) is 135 Å². The Bertz CT molecular complexity index is 3050. The molecule has 0 spiro atoms. The molecule has 0 amide bonds. The van der Waals surface area contributed by atoms with Gasteiger partial charge in [0.25, 0.3) is 6.71 Å². The third-order valence-corrected chi connectivity index (χ3v) is 11.2. The third kappa shape index (κ3) is 2.54.